The molecule has 0 radical (unpaired) electrons. The van der Waals surface area contributed by atoms with Crippen LogP contribution in [0.3, 0.4) is 0 Å². The summed E-state index contributed by atoms with van der Waals surface area (Å²) < 4.78 is 33.2. The standard InChI is InChI=1S/C22H17F2N5O2/c1-13-11-27-18-19(25-21(27)29(13)16-9-7-15(23)8-10-16)26(2)22(31)28(20(18)30)12-14-5-3-4-6-17(14)24/h3-11H,12H2,1-2H3. The third-order valence-corrected chi connectivity index (χ3v) is 5.40. The van der Waals surface area contributed by atoms with Crippen molar-refractivity contribution >= 4 is 16.9 Å². The van der Waals surface area contributed by atoms with E-state index in [0.29, 0.717) is 11.5 Å². The number of hydrogen-bond acceptors (Lipinski definition) is 3. The summed E-state index contributed by atoms with van der Waals surface area (Å²) in [5.41, 5.74) is 0.937. The van der Waals surface area contributed by atoms with Crippen LogP contribution in [-0.4, -0.2) is 23.1 Å². The number of nitrogens with zero attached hydrogens (tertiary/aromatic N) is 5. The molecule has 7 nitrogen and oxygen atoms in total. The zero-order valence-electron chi connectivity index (χ0n) is 16.7. The monoisotopic (exact) mass is 421 g/mol. The van der Waals surface area contributed by atoms with Crippen LogP contribution in [0.5, 0.6) is 0 Å². The van der Waals surface area contributed by atoms with Crippen molar-refractivity contribution in [2.45, 2.75) is 13.5 Å². The van der Waals surface area contributed by atoms with Crippen LogP contribution in [0.25, 0.3) is 22.6 Å². The molecule has 3 aromatic heterocycles. The molecular weight excluding hydrogens is 404 g/mol. The number of benzene rings is 2. The first-order chi connectivity index (χ1) is 14.9. The summed E-state index contributed by atoms with van der Waals surface area (Å²) in [6.45, 7) is 1.64. The van der Waals surface area contributed by atoms with Crippen molar-refractivity contribution in [3.8, 4) is 5.69 Å². The molecule has 0 amide bonds. The third-order valence-electron chi connectivity index (χ3n) is 5.40. The van der Waals surface area contributed by atoms with Crippen molar-refractivity contribution in [3.05, 3.63) is 98.5 Å². The summed E-state index contributed by atoms with van der Waals surface area (Å²) in [5.74, 6) is -0.445. The SMILES string of the molecule is Cc1cn2c3c(=O)n(Cc4ccccc4F)c(=O)n(C)c3nc2n1-c1ccc(F)cc1. The van der Waals surface area contributed by atoms with Gasteiger partial charge in [0.05, 0.1) is 6.54 Å². The molecule has 156 valence electrons. The predicted molar refractivity (Wildman–Crippen MR) is 112 cm³/mol. The van der Waals surface area contributed by atoms with Crippen LogP contribution in [0.4, 0.5) is 8.78 Å². The Labute approximate surface area is 174 Å². The van der Waals surface area contributed by atoms with Crippen molar-refractivity contribution in [2.75, 3.05) is 0 Å². The van der Waals surface area contributed by atoms with Gasteiger partial charge < -0.3 is 0 Å². The molecule has 0 aliphatic rings. The maximum Gasteiger partial charge on any atom is 0.332 e. The fourth-order valence-corrected chi connectivity index (χ4v) is 3.86. The van der Waals surface area contributed by atoms with E-state index in [1.807, 2.05) is 6.92 Å². The summed E-state index contributed by atoms with van der Waals surface area (Å²) in [6.07, 6.45) is 1.73. The maximum atomic E-state index is 14.1. The molecule has 2 aromatic carbocycles. The summed E-state index contributed by atoms with van der Waals surface area (Å²) in [6, 6.07) is 11.9. The molecule has 0 atom stereocenters. The lowest BCUT2D eigenvalue weighted by molar-refractivity contribution is 0.582. The van der Waals surface area contributed by atoms with E-state index in [0.717, 1.165) is 10.3 Å². The second-order valence-corrected chi connectivity index (χ2v) is 7.36. The van der Waals surface area contributed by atoms with Crippen LogP contribution in [0.1, 0.15) is 11.3 Å². The van der Waals surface area contributed by atoms with Gasteiger partial charge in [-0.1, -0.05) is 18.2 Å². The Morgan fingerprint density at radius 1 is 1.00 bits per heavy atom. The molecule has 0 bridgehead atoms. The molecule has 0 fully saturated rings. The number of aryl methyl sites for hydroxylation is 2. The van der Waals surface area contributed by atoms with Crippen LogP contribution >= 0.6 is 0 Å². The highest BCUT2D eigenvalue weighted by Crippen LogP contribution is 2.21. The minimum Gasteiger partial charge on any atom is -0.283 e. The summed E-state index contributed by atoms with van der Waals surface area (Å²) in [7, 11) is 1.52. The van der Waals surface area contributed by atoms with Crippen LogP contribution in [0, 0.1) is 18.6 Å². The van der Waals surface area contributed by atoms with Gasteiger partial charge in [-0.05, 0) is 37.3 Å². The number of hydrogen-bond donors (Lipinski definition) is 0. The first-order valence-electron chi connectivity index (χ1n) is 9.56. The molecule has 0 spiro atoms. The molecule has 0 saturated heterocycles. The Morgan fingerprint density at radius 3 is 2.42 bits per heavy atom. The first kappa shape index (κ1) is 19.0. The minimum absolute atomic E-state index is 0.195. The summed E-state index contributed by atoms with van der Waals surface area (Å²) in [5, 5.41) is 0. The third kappa shape index (κ3) is 2.81. The van der Waals surface area contributed by atoms with E-state index in [-0.39, 0.29) is 29.1 Å². The molecule has 0 unspecified atom stereocenters. The summed E-state index contributed by atoms with van der Waals surface area (Å²) >= 11 is 0. The fourth-order valence-electron chi connectivity index (χ4n) is 3.86. The lowest BCUT2D eigenvalue weighted by atomic mass is 10.2. The predicted octanol–water partition coefficient (Wildman–Crippen LogP) is 2.77. The van der Waals surface area contributed by atoms with Crippen LogP contribution < -0.4 is 11.2 Å². The van der Waals surface area contributed by atoms with E-state index in [2.05, 4.69) is 4.98 Å². The van der Waals surface area contributed by atoms with E-state index < -0.39 is 17.1 Å². The van der Waals surface area contributed by atoms with Crippen LogP contribution in [0.15, 0.2) is 64.3 Å². The Morgan fingerprint density at radius 2 is 1.71 bits per heavy atom. The number of halogens is 2. The smallest absolute Gasteiger partial charge is 0.283 e. The number of fused-ring (bicyclic) bond motifs is 3. The molecule has 0 N–H and O–H groups in total. The van der Waals surface area contributed by atoms with Gasteiger partial charge in [-0.2, -0.15) is 4.98 Å². The van der Waals surface area contributed by atoms with Gasteiger partial charge in [-0.25, -0.2) is 13.6 Å². The van der Waals surface area contributed by atoms with E-state index in [1.54, 1.807) is 39.4 Å². The summed E-state index contributed by atoms with van der Waals surface area (Å²) in [4.78, 5) is 30.7. The van der Waals surface area contributed by atoms with Crippen molar-refractivity contribution in [1.29, 1.82) is 0 Å². The topological polar surface area (TPSA) is 66.2 Å². The normalized spacial score (nSPS) is 11.6. The highest BCUT2D eigenvalue weighted by atomic mass is 19.1. The quantitative estimate of drug-likeness (QED) is 0.450. The van der Waals surface area contributed by atoms with E-state index in [9.17, 15) is 18.4 Å². The molecule has 31 heavy (non-hydrogen) atoms. The second kappa shape index (κ2) is 6.76. The van der Waals surface area contributed by atoms with Gasteiger partial charge in [0.25, 0.3) is 5.56 Å². The molecular formula is C22H17F2N5O2. The zero-order chi connectivity index (χ0) is 21.9. The molecule has 3 heterocycles. The lowest BCUT2D eigenvalue weighted by Crippen LogP contribution is -2.39. The Kier molecular flexibility index (Phi) is 4.14. The number of aromatic nitrogens is 5. The second-order valence-electron chi connectivity index (χ2n) is 7.36. The van der Waals surface area contributed by atoms with E-state index >= 15 is 0 Å². The molecule has 9 heteroatoms. The van der Waals surface area contributed by atoms with Crippen LogP contribution in [0.2, 0.25) is 0 Å². The van der Waals surface area contributed by atoms with Crippen molar-refractivity contribution in [3.63, 3.8) is 0 Å². The average molecular weight is 421 g/mol. The average Bonchev–Trinajstić information content (AvgIpc) is 3.26. The number of imidazole rings is 2. The van der Waals surface area contributed by atoms with Gasteiger partial charge in [0, 0.05) is 30.2 Å². The highest BCUT2D eigenvalue weighted by molar-refractivity contribution is 5.76. The van der Waals surface area contributed by atoms with Crippen molar-refractivity contribution < 1.29 is 8.78 Å². The minimum atomic E-state index is -0.591. The van der Waals surface area contributed by atoms with Gasteiger partial charge >= 0.3 is 5.69 Å². The molecule has 0 aliphatic heterocycles. The van der Waals surface area contributed by atoms with Gasteiger partial charge in [0.1, 0.15) is 11.6 Å². The first-order valence-corrected chi connectivity index (χ1v) is 9.56. The lowest BCUT2D eigenvalue weighted by Gasteiger charge is -2.09. The number of rotatable bonds is 3. The molecule has 0 aliphatic carbocycles. The Balaban J connectivity index is 1.80. The van der Waals surface area contributed by atoms with Crippen molar-refractivity contribution in [1.82, 2.24) is 23.1 Å². The Bertz CT molecular complexity index is 1590. The van der Waals surface area contributed by atoms with Gasteiger partial charge in [-0.15, -0.1) is 0 Å². The molecule has 5 aromatic rings. The zero-order valence-corrected chi connectivity index (χ0v) is 16.7. The largest absolute Gasteiger partial charge is 0.332 e. The van der Waals surface area contributed by atoms with Gasteiger partial charge in [0.2, 0.25) is 5.78 Å². The van der Waals surface area contributed by atoms with E-state index in [1.165, 1.54) is 35.9 Å². The fraction of sp³-hybridized carbons (Fsp3) is 0.136. The molecule has 5 rings (SSSR count). The Hall–Kier alpha value is -4.01. The van der Waals surface area contributed by atoms with Gasteiger partial charge in [0.15, 0.2) is 11.2 Å². The van der Waals surface area contributed by atoms with Gasteiger partial charge in [-0.3, -0.25) is 22.9 Å². The van der Waals surface area contributed by atoms with Crippen molar-refractivity contribution in [2.24, 2.45) is 7.05 Å². The van der Waals surface area contributed by atoms with E-state index in [4.69, 9.17) is 0 Å². The molecule has 0 saturated carbocycles. The maximum absolute atomic E-state index is 14.1. The van der Waals surface area contributed by atoms with Crippen LogP contribution in [-0.2, 0) is 13.6 Å². The highest BCUT2D eigenvalue weighted by Gasteiger charge is 2.21.